The molecule has 1 aromatic rings. The first-order valence-corrected chi connectivity index (χ1v) is 6.92. The van der Waals surface area contributed by atoms with Crippen molar-refractivity contribution in [3.05, 3.63) is 29.8 Å². The van der Waals surface area contributed by atoms with Crippen molar-refractivity contribution < 1.29 is 13.6 Å². The van der Waals surface area contributed by atoms with Crippen LogP contribution in [0, 0.1) is 23.5 Å². The summed E-state index contributed by atoms with van der Waals surface area (Å²) in [6, 6.07) is 3.53. The lowest BCUT2D eigenvalue weighted by Crippen LogP contribution is -2.43. The third-order valence-corrected chi connectivity index (χ3v) is 3.54. The predicted octanol–water partition coefficient (Wildman–Crippen LogP) is 2.88. The van der Waals surface area contributed by atoms with Crippen LogP contribution in [0.15, 0.2) is 18.2 Å². The van der Waals surface area contributed by atoms with Crippen molar-refractivity contribution >= 4 is 11.6 Å². The number of carbonyl (C=O) groups is 1. The quantitative estimate of drug-likeness (QED) is 0.924. The second-order valence-corrected chi connectivity index (χ2v) is 5.78. The lowest BCUT2D eigenvalue weighted by Gasteiger charge is -2.34. The van der Waals surface area contributed by atoms with Crippen molar-refractivity contribution in [2.75, 3.05) is 25.0 Å². The number of anilines is 1. The first-order chi connectivity index (χ1) is 9.45. The fraction of sp³-hybridized carbons (Fsp3) is 0.533. The fourth-order valence-electron chi connectivity index (χ4n) is 2.92. The molecule has 0 bridgehead atoms. The zero-order chi connectivity index (χ0) is 14.7. The van der Waals surface area contributed by atoms with Crippen LogP contribution < -0.4 is 5.32 Å². The van der Waals surface area contributed by atoms with Crippen LogP contribution in [0.5, 0.6) is 0 Å². The summed E-state index contributed by atoms with van der Waals surface area (Å²) >= 11 is 0. The molecule has 0 aromatic heterocycles. The van der Waals surface area contributed by atoms with Gasteiger partial charge in [-0.05, 0) is 30.4 Å². The summed E-state index contributed by atoms with van der Waals surface area (Å²) in [6.45, 7) is 6.16. The largest absolute Gasteiger partial charge is 0.320 e. The SMILES string of the molecule is C[C@@H]1C[C@@H](C)CN(CC(=O)Nc2c(F)cccc2F)C1. The number of rotatable bonds is 3. The minimum Gasteiger partial charge on any atom is -0.320 e. The monoisotopic (exact) mass is 282 g/mol. The van der Waals surface area contributed by atoms with Gasteiger partial charge in [-0.3, -0.25) is 9.69 Å². The van der Waals surface area contributed by atoms with Crippen LogP contribution in [-0.4, -0.2) is 30.4 Å². The molecular weight excluding hydrogens is 262 g/mol. The molecule has 0 unspecified atom stereocenters. The average Bonchev–Trinajstić information content (AvgIpc) is 2.32. The van der Waals surface area contributed by atoms with Gasteiger partial charge in [-0.25, -0.2) is 8.78 Å². The first kappa shape index (κ1) is 14.9. The molecule has 0 radical (unpaired) electrons. The van der Waals surface area contributed by atoms with Crippen molar-refractivity contribution in [2.45, 2.75) is 20.3 Å². The lowest BCUT2D eigenvalue weighted by molar-refractivity contribution is -0.118. The summed E-state index contributed by atoms with van der Waals surface area (Å²) in [7, 11) is 0. The number of piperidine rings is 1. The van der Waals surface area contributed by atoms with Gasteiger partial charge in [0.25, 0.3) is 0 Å². The average molecular weight is 282 g/mol. The van der Waals surface area contributed by atoms with Crippen LogP contribution in [0.4, 0.5) is 14.5 Å². The van der Waals surface area contributed by atoms with Gasteiger partial charge in [-0.2, -0.15) is 0 Å². The van der Waals surface area contributed by atoms with Gasteiger partial charge in [0.1, 0.15) is 17.3 Å². The fourth-order valence-corrected chi connectivity index (χ4v) is 2.92. The van der Waals surface area contributed by atoms with E-state index >= 15 is 0 Å². The van der Waals surface area contributed by atoms with Gasteiger partial charge in [-0.15, -0.1) is 0 Å². The normalized spacial score (nSPS) is 23.6. The van der Waals surface area contributed by atoms with E-state index in [9.17, 15) is 13.6 Å². The third kappa shape index (κ3) is 3.76. The van der Waals surface area contributed by atoms with E-state index < -0.39 is 11.6 Å². The lowest BCUT2D eigenvalue weighted by atomic mass is 9.92. The van der Waals surface area contributed by atoms with Crippen LogP contribution in [-0.2, 0) is 4.79 Å². The summed E-state index contributed by atoms with van der Waals surface area (Å²) < 4.78 is 26.9. The van der Waals surface area contributed by atoms with E-state index in [0.29, 0.717) is 11.8 Å². The highest BCUT2D eigenvalue weighted by atomic mass is 19.1. The van der Waals surface area contributed by atoms with Crippen LogP contribution in [0.2, 0.25) is 0 Å². The molecule has 1 heterocycles. The number of nitrogens with zero attached hydrogens (tertiary/aromatic N) is 1. The number of para-hydroxylation sites is 1. The molecule has 2 rings (SSSR count). The Morgan fingerprint density at radius 2 is 1.80 bits per heavy atom. The van der Waals surface area contributed by atoms with E-state index in [1.807, 2.05) is 4.90 Å². The van der Waals surface area contributed by atoms with Gasteiger partial charge in [0.15, 0.2) is 0 Å². The maximum Gasteiger partial charge on any atom is 0.238 e. The third-order valence-electron chi connectivity index (χ3n) is 3.54. The Hall–Kier alpha value is -1.49. The Morgan fingerprint density at radius 3 is 2.35 bits per heavy atom. The number of carbonyl (C=O) groups excluding carboxylic acids is 1. The molecule has 1 fully saturated rings. The molecule has 0 aliphatic carbocycles. The van der Waals surface area contributed by atoms with E-state index in [2.05, 4.69) is 19.2 Å². The number of nitrogens with one attached hydrogen (secondary N) is 1. The van der Waals surface area contributed by atoms with Crippen molar-refractivity contribution in [1.82, 2.24) is 4.90 Å². The molecule has 1 N–H and O–H groups in total. The first-order valence-electron chi connectivity index (χ1n) is 6.92. The van der Waals surface area contributed by atoms with Crippen molar-refractivity contribution in [1.29, 1.82) is 0 Å². The zero-order valence-corrected chi connectivity index (χ0v) is 11.8. The smallest absolute Gasteiger partial charge is 0.238 e. The maximum absolute atomic E-state index is 13.4. The molecule has 1 amide bonds. The molecule has 2 atom stereocenters. The Balaban J connectivity index is 1.95. The highest BCUT2D eigenvalue weighted by Crippen LogP contribution is 2.21. The van der Waals surface area contributed by atoms with Gasteiger partial charge in [0, 0.05) is 13.1 Å². The molecule has 20 heavy (non-hydrogen) atoms. The molecule has 110 valence electrons. The number of hydrogen-bond donors (Lipinski definition) is 1. The van der Waals surface area contributed by atoms with E-state index in [4.69, 9.17) is 0 Å². The van der Waals surface area contributed by atoms with Crippen LogP contribution >= 0.6 is 0 Å². The van der Waals surface area contributed by atoms with E-state index in [-0.39, 0.29) is 18.1 Å². The summed E-state index contributed by atoms with van der Waals surface area (Å²) in [4.78, 5) is 13.9. The summed E-state index contributed by atoms with van der Waals surface area (Å²) in [5.74, 6) is -0.804. The molecule has 0 saturated carbocycles. The summed E-state index contributed by atoms with van der Waals surface area (Å²) in [5.41, 5.74) is -0.365. The van der Waals surface area contributed by atoms with Gasteiger partial charge in [0.05, 0.1) is 6.54 Å². The Bertz CT molecular complexity index is 463. The molecule has 5 heteroatoms. The molecule has 1 aromatic carbocycles. The Kier molecular flexibility index (Phi) is 4.70. The number of hydrogen-bond acceptors (Lipinski definition) is 2. The number of likely N-dealkylation sites (tertiary alicyclic amines) is 1. The number of amides is 1. The zero-order valence-electron chi connectivity index (χ0n) is 11.8. The van der Waals surface area contributed by atoms with Gasteiger partial charge >= 0.3 is 0 Å². The Morgan fingerprint density at radius 1 is 1.25 bits per heavy atom. The molecule has 1 aliphatic heterocycles. The van der Waals surface area contributed by atoms with E-state index in [1.54, 1.807) is 0 Å². The highest BCUT2D eigenvalue weighted by Gasteiger charge is 2.23. The molecule has 1 aliphatic rings. The second-order valence-electron chi connectivity index (χ2n) is 5.78. The van der Waals surface area contributed by atoms with E-state index in [0.717, 1.165) is 31.6 Å². The van der Waals surface area contributed by atoms with Gasteiger partial charge in [-0.1, -0.05) is 19.9 Å². The van der Waals surface area contributed by atoms with E-state index in [1.165, 1.54) is 6.07 Å². The van der Waals surface area contributed by atoms with Gasteiger partial charge < -0.3 is 5.32 Å². The summed E-state index contributed by atoms with van der Waals surface area (Å²) in [6.07, 6.45) is 1.15. The predicted molar refractivity (Wildman–Crippen MR) is 74.4 cm³/mol. The standard InChI is InChI=1S/C15H20F2N2O/c1-10-6-11(2)8-19(7-10)9-14(20)18-15-12(16)4-3-5-13(15)17/h3-5,10-11H,6-9H2,1-2H3,(H,18,20)/t10-,11-/m1/s1. The van der Waals surface area contributed by atoms with Crippen molar-refractivity contribution in [2.24, 2.45) is 11.8 Å². The van der Waals surface area contributed by atoms with Crippen LogP contribution in [0.25, 0.3) is 0 Å². The molecule has 3 nitrogen and oxygen atoms in total. The molecule has 0 spiro atoms. The maximum atomic E-state index is 13.4. The minimum atomic E-state index is -0.751. The highest BCUT2D eigenvalue weighted by molar-refractivity contribution is 5.92. The van der Waals surface area contributed by atoms with Crippen LogP contribution in [0.3, 0.4) is 0 Å². The Labute approximate surface area is 118 Å². The van der Waals surface area contributed by atoms with Crippen molar-refractivity contribution in [3.8, 4) is 0 Å². The minimum absolute atomic E-state index is 0.169. The molecular formula is C15H20F2N2O. The topological polar surface area (TPSA) is 32.3 Å². The molecule has 1 saturated heterocycles. The van der Waals surface area contributed by atoms with Gasteiger partial charge in [0.2, 0.25) is 5.91 Å². The number of benzene rings is 1. The van der Waals surface area contributed by atoms with Crippen LogP contribution in [0.1, 0.15) is 20.3 Å². The summed E-state index contributed by atoms with van der Waals surface area (Å²) in [5, 5.41) is 2.32. The van der Waals surface area contributed by atoms with Crippen molar-refractivity contribution in [3.63, 3.8) is 0 Å². The second kappa shape index (κ2) is 6.31. The number of halogens is 2.